The number of halogens is 1. The highest BCUT2D eigenvalue weighted by atomic mass is 35.5. The number of nitriles is 1. The van der Waals surface area contributed by atoms with Gasteiger partial charge in [0, 0.05) is 35.1 Å². The maximum Gasteiger partial charge on any atom is 0.119 e. The van der Waals surface area contributed by atoms with E-state index in [2.05, 4.69) is 21.4 Å². The third kappa shape index (κ3) is 6.31. The summed E-state index contributed by atoms with van der Waals surface area (Å²) in [5.74, 6) is 0.504. The van der Waals surface area contributed by atoms with Crippen molar-refractivity contribution in [1.29, 1.82) is 5.26 Å². The van der Waals surface area contributed by atoms with Gasteiger partial charge in [-0.05, 0) is 60.5 Å². The standard InChI is InChI=1S/C27H23ClN4O/c28-22-8-11-25-26(12-13-30-27(25)17-22)31-14-15-33-24-9-6-20(7-10-24)16-21(18-29)19-32-23-4-2-1-3-5-23/h1-13,17,19,21H,14-16H2,(H,30,31). The molecule has 5 nitrogen and oxygen atoms in total. The van der Waals surface area contributed by atoms with Crippen LogP contribution >= 0.6 is 11.6 Å². The normalized spacial score (nSPS) is 11.9. The van der Waals surface area contributed by atoms with E-state index in [9.17, 15) is 5.26 Å². The van der Waals surface area contributed by atoms with Gasteiger partial charge < -0.3 is 10.1 Å². The Morgan fingerprint density at radius 3 is 2.67 bits per heavy atom. The van der Waals surface area contributed by atoms with E-state index in [-0.39, 0.29) is 5.92 Å². The number of aliphatic imine (C=N–C) groups is 1. The number of aromatic nitrogens is 1. The zero-order valence-corrected chi connectivity index (χ0v) is 18.7. The average Bonchev–Trinajstić information content (AvgIpc) is 2.85. The summed E-state index contributed by atoms with van der Waals surface area (Å²) in [6.45, 7) is 1.16. The van der Waals surface area contributed by atoms with E-state index in [0.717, 1.165) is 33.6 Å². The van der Waals surface area contributed by atoms with Gasteiger partial charge in [0.1, 0.15) is 12.4 Å². The van der Waals surface area contributed by atoms with Gasteiger partial charge in [0.05, 0.1) is 23.2 Å². The zero-order chi connectivity index (χ0) is 22.9. The maximum atomic E-state index is 9.45. The SMILES string of the molecule is N#CC(C=Nc1ccccc1)Cc1ccc(OCCNc2ccnc3cc(Cl)ccc23)cc1. The first-order valence-corrected chi connectivity index (χ1v) is 11.1. The molecule has 1 aromatic heterocycles. The summed E-state index contributed by atoms with van der Waals surface area (Å²) in [4.78, 5) is 8.76. The molecule has 3 aromatic carbocycles. The number of pyridine rings is 1. The fraction of sp³-hybridized carbons (Fsp3) is 0.148. The Morgan fingerprint density at radius 1 is 1.06 bits per heavy atom. The molecule has 1 unspecified atom stereocenters. The van der Waals surface area contributed by atoms with Crippen molar-refractivity contribution in [3.63, 3.8) is 0 Å². The Balaban J connectivity index is 1.27. The van der Waals surface area contributed by atoms with Crippen LogP contribution in [0.3, 0.4) is 0 Å². The number of nitrogens with one attached hydrogen (secondary N) is 1. The van der Waals surface area contributed by atoms with Gasteiger partial charge in [-0.3, -0.25) is 9.98 Å². The summed E-state index contributed by atoms with van der Waals surface area (Å²) in [7, 11) is 0. The molecule has 0 aliphatic carbocycles. The third-order valence-electron chi connectivity index (χ3n) is 5.10. The molecule has 4 rings (SSSR count). The molecule has 0 radical (unpaired) electrons. The molecule has 6 heteroatoms. The fourth-order valence-electron chi connectivity index (χ4n) is 3.43. The minimum Gasteiger partial charge on any atom is -0.492 e. The summed E-state index contributed by atoms with van der Waals surface area (Å²) in [6.07, 6.45) is 4.08. The summed E-state index contributed by atoms with van der Waals surface area (Å²) in [5, 5.41) is 14.5. The maximum absolute atomic E-state index is 9.45. The summed E-state index contributed by atoms with van der Waals surface area (Å²) >= 11 is 6.05. The highest BCUT2D eigenvalue weighted by Gasteiger charge is 2.07. The molecule has 0 spiro atoms. The van der Waals surface area contributed by atoms with Gasteiger partial charge in [-0.15, -0.1) is 0 Å². The molecular formula is C27H23ClN4O. The lowest BCUT2D eigenvalue weighted by molar-refractivity contribution is 0.333. The van der Waals surface area contributed by atoms with Crippen LogP contribution in [0.4, 0.5) is 11.4 Å². The number of hydrogen-bond acceptors (Lipinski definition) is 5. The highest BCUT2D eigenvalue weighted by Crippen LogP contribution is 2.24. The lowest BCUT2D eigenvalue weighted by atomic mass is 10.0. The molecule has 164 valence electrons. The topological polar surface area (TPSA) is 70.3 Å². The summed E-state index contributed by atoms with van der Waals surface area (Å²) < 4.78 is 5.86. The molecule has 0 fully saturated rings. The van der Waals surface area contributed by atoms with Gasteiger partial charge in [0.25, 0.3) is 0 Å². The van der Waals surface area contributed by atoms with Gasteiger partial charge in [0.2, 0.25) is 0 Å². The molecule has 33 heavy (non-hydrogen) atoms. The Morgan fingerprint density at radius 2 is 1.88 bits per heavy atom. The molecule has 4 aromatic rings. The van der Waals surface area contributed by atoms with Gasteiger partial charge in [-0.2, -0.15) is 5.26 Å². The first kappa shape index (κ1) is 22.3. The Hall–Kier alpha value is -3.88. The van der Waals surface area contributed by atoms with Gasteiger partial charge >= 0.3 is 0 Å². The van der Waals surface area contributed by atoms with Crippen LogP contribution in [0.5, 0.6) is 5.75 Å². The molecule has 0 saturated heterocycles. The molecular weight excluding hydrogens is 432 g/mol. The van der Waals surface area contributed by atoms with Crippen LogP contribution in [0.2, 0.25) is 5.02 Å². The molecule has 0 aliphatic heterocycles. The van der Waals surface area contributed by atoms with Crippen molar-refractivity contribution in [2.24, 2.45) is 10.9 Å². The Labute approximate surface area is 198 Å². The number of nitrogens with zero attached hydrogens (tertiary/aromatic N) is 3. The van der Waals surface area contributed by atoms with Crippen LogP contribution in [0, 0.1) is 17.2 Å². The van der Waals surface area contributed by atoms with E-state index in [4.69, 9.17) is 16.3 Å². The number of ether oxygens (including phenoxy) is 1. The minimum atomic E-state index is -0.286. The van der Waals surface area contributed by atoms with Crippen LogP contribution < -0.4 is 10.1 Å². The third-order valence-corrected chi connectivity index (χ3v) is 5.33. The zero-order valence-electron chi connectivity index (χ0n) is 18.0. The van der Waals surface area contributed by atoms with Crippen LogP contribution in [0.1, 0.15) is 5.56 Å². The molecule has 0 bridgehead atoms. The van der Waals surface area contributed by atoms with E-state index < -0.39 is 0 Å². The van der Waals surface area contributed by atoms with Crippen molar-refractivity contribution in [3.8, 4) is 11.8 Å². The predicted octanol–water partition coefficient (Wildman–Crippen LogP) is 6.46. The number of anilines is 1. The molecule has 1 N–H and O–H groups in total. The second-order valence-corrected chi connectivity index (χ2v) is 7.93. The van der Waals surface area contributed by atoms with E-state index in [1.165, 1.54) is 0 Å². The Bertz CT molecular complexity index is 1270. The lowest BCUT2D eigenvalue weighted by Crippen LogP contribution is -2.12. The van der Waals surface area contributed by atoms with E-state index in [0.29, 0.717) is 24.6 Å². The number of para-hydroxylation sites is 1. The molecule has 0 aliphatic rings. The number of benzene rings is 3. The first-order chi connectivity index (χ1) is 16.2. The fourth-order valence-corrected chi connectivity index (χ4v) is 3.59. The van der Waals surface area contributed by atoms with Crippen LogP contribution in [-0.2, 0) is 6.42 Å². The van der Waals surface area contributed by atoms with Crippen molar-refractivity contribution >= 4 is 40.1 Å². The van der Waals surface area contributed by atoms with Crippen LogP contribution in [-0.4, -0.2) is 24.4 Å². The smallest absolute Gasteiger partial charge is 0.119 e. The van der Waals surface area contributed by atoms with Crippen molar-refractivity contribution in [3.05, 3.63) is 95.6 Å². The monoisotopic (exact) mass is 454 g/mol. The first-order valence-electron chi connectivity index (χ1n) is 10.7. The second-order valence-electron chi connectivity index (χ2n) is 7.49. The van der Waals surface area contributed by atoms with E-state index >= 15 is 0 Å². The van der Waals surface area contributed by atoms with Crippen molar-refractivity contribution in [1.82, 2.24) is 4.98 Å². The summed E-state index contributed by atoms with van der Waals surface area (Å²) in [6, 6.07) is 27.4. The van der Waals surface area contributed by atoms with Crippen molar-refractivity contribution < 1.29 is 4.74 Å². The number of fused-ring (bicyclic) bond motifs is 1. The van der Waals surface area contributed by atoms with Gasteiger partial charge in [-0.1, -0.05) is 41.9 Å². The number of hydrogen-bond donors (Lipinski definition) is 1. The molecule has 1 atom stereocenters. The molecule has 0 saturated carbocycles. The van der Waals surface area contributed by atoms with Crippen LogP contribution in [0.25, 0.3) is 10.9 Å². The van der Waals surface area contributed by atoms with Gasteiger partial charge in [-0.25, -0.2) is 0 Å². The van der Waals surface area contributed by atoms with Crippen LogP contribution in [0.15, 0.2) is 90.1 Å². The molecule has 0 amide bonds. The predicted molar refractivity (Wildman–Crippen MR) is 135 cm³/mol. The highest BCUT2D eigenvalue weighted by molar-refractivity contribution is 6.31. The van der Waals surface area contributed by atoms with Gasteiger partial charge in [0.15, 0.2) is 0 Å². The van der Waals surface area contributed by atoms with E-state index in [1.54, 1.807) is 12.4 Å². The quantitative estimate of drug-likeness (QED) is 0.232. The molecule has 1 heterocycles. The second kappa shape index (κ2) is 11.1. The van der Waals surface area contributed by atoms with Crippen molar-refractivity contribution in [2.75, 3.05) is 18.5 Å². The summed E-state index contributed by atoms with van der Waals surface area (Å²) in [5.41, 5.74) is 3.76. The number of rotatable bonds is 9. The lowest BCUT2D eigenvalue weighted by Gasteiger charge is -2.11. The van der Waals surface area contributed by atoms with E-state index in [1.807, 2.05) is 78.9 Å². The minimum absolute atomic E-state index is 0.286. The largest absolute Gasteiger partial charge is 0.492 e. The Kier molecular flexibility index (Phi) is 7.52. The average molecular weight is 455 g/mol. The van der Waals surface area contributed by atoms with Crippen molar-refractivity contribution in [2.45, 2.75) is 6.42 Å².